The van der Waals surface area contributed by atoms with Gasteiger partial charge in [0.25, 0.3) is 0 Å². The lowest BCUT2D eigenvalue weighted by atomic mass is 10.0. The van der Waals surface area contributed by atoms with E-state index in [-0.39, 0.29) is 6.61 Å². The molecule has 1 atom stereocenters. The summed E-state index contributed by atoms with van der Waals surface area (Å²) in [5.41, 5.74) is 0. The molecule has 1 aliphatic heterocycles. The van der Waals surface area contributed by atoms with Crippen LogP contribution in [0.15, 0.2) is 0 Å². The maximum absolute atomic E-state index is 9.53. The molecular weight excluding hydrogens is 360 g/mol. The highest BCUT2D eigenvalue weighted by Crippen LogP contribution is 2.14. The Morgan fingerprint density at radius 3 is 1.48 bits per heavy atom. The van der Waals surface area contributed by atoms with Crippen molar-refractivity contribution in [3.8, 4) is 0 Å². The number of aliphatic hydroxyl groups excluding tert-OH is 2. The van der Waals surface area contributed by atoms with E-state index in [4.69, 9.17) is 5.11 Å². The molecule has 1 saturated heterocycles. The summed E-state index contributed by atoms with van der Waals surface area (Å²) in [6.07, 6.45) is 19.4. The molecule has 29 heavy (non-hydrogen) atoms. The van der Waals surface area contributed by atoms with Gasteiger partial charge in [-0.25, -0.2) is 0 Å². The van der Waals surface area contributed by atoms with Crippen LogP contribution in [0.4, 0.5) is 0 Å². The average molecular weight is 413 g/mol. The first-order chi connectivity index (χ1) is 14.1. The van der Waals surface area contributed by atoms with Gasteiger partial charge < -0.3 is 15.1 Å². The van der Waals surface area contributed by atoms with E-state index in [0.29, 0.717) is 6.54 Å². The molecule has 1 rings (SSSR count). The van der Waals surface area contributed by atoms with Gasteiger partial charge in [0.15, 0.2) is 0 Å². The molecule has 4 heteroatoms. The number of hydrogen-bond acceptors (Lipinski definition) is 4. The summed E-state index contributed by atoms with van der Waals surface area (Å²) in [4.78, 5) is 4.83. The second-order valence-corrected chi connectivity index (χ2v) is 9.76. The average Bonchev–Trinajstić information content (AvgIpc) is 2.71. The Hall–Kier alpha value is -0.160. The lowest BCUT2D eigenvalue weighted by Gasteiger charge is -2.35. The Kier molecular flexibility index (Phi) is 17.2. The first-order valence-electron chi connectivity index (χ1n) is 12.9. The van der Waals surface area contributed by atoms with Crippen LogP contribution in [-0.4, -0.2) is 72.0 Å². The number of rotatable bonds is 19. The van der Waals surface area contributed by atoms with Gasteiger partial charge in [0.1, 0.15) is 0 Å². The van der Waals surface area contributed by atoms with Gasteiger partial charge in [-0.2, -0.15) is 0 Å². The fraction of sp³-hybridized carbons (Fsp3) is 1.00. The van der Waals surface area contributed by atoms with Crippen LogP contribution in [-0.2, 0) is 0 Å². The van der Waals surface area contributed by atoms with E-state index >= 15 is 0 Å². The molecule has 1 fully saturated rings. The molecule has 0 aromatic heterocycles. The van der Waals surface area contributed by atoms with Gasteiger partial charge in [0.05, 0.1) is 12.7 Å². The molecule has 1 aliphatic rings. The number of unbranched alkanes of at least 4 members (excludes halogenated alkanes) is 12. The zero-order valence-corrected chi connectivity index (χ0v) is 19.8. The predicted octanol–water partition coefficient (Wildman–Crippen LogP) is 5.07. The minimum absolute atomic E-state index is 0.126. The van der Waals surface area contributed by atoms with Gasteiger partial charge in [-0.3, -0.25) is 4.90 Å². The largest absolute Gasteiger partial charge is 0.394 e. The van der Waals surface area contributed by atoms with E-state index in [1.807, 2.05) is 0 Å². The fourth-order valence-corrected chi connectivity index (χ4v) is 4.38. The molecule has 0 spiro atoms. The van der Waals surface area contributed by atoms with Crippen LogP contribution in [0.2, 0.25) is 0 Å². The Labute approximate surface area is 182 Å². The molecular formula is C25H52N2O2. The molecule has 1 unspecified atom stereocenters. The van der Waals surface area contributed by atoms with E-state index < -0.39 is 6.10 Å². The standard InChI is InChI=1S/C25H52N2O2/c1-24(2)16-14-12-10-8-6-4-3-5-7-9-11-13-15-17-26-18-20-27(21-19-26)22-25(29)23-28/h24-25,28-29H,3-23H2,1-2H3. The first kappa shape index (κ1) is 26.9. The molecule has 0 aromatic carbocycles. The Bertz CT molecular complexity index is 344. The Morgan fingerprint density at radius 2 is 1.03 bits per heavy atom. The summed E-state index contributed by atoms with van der Waals surface area (Å²) in [5, 5.41) is 18.5. The number of nitrogens with zero attached hydrogens (tertiary/aromatic N) is 2. The predicted molar refractivity (Wildman–Crippen MR) is 125 cm³/mol. The lowest BCUT2D eigenvalue weighted by molar-refractivity contribution is 0.0393. The highest BCUT2D eigenvalue weighted by atomic mass is 16.3. The van der Waals surface area contributed by atoms with E-state index in [1.165, 1.54) is 96.4 Å². The highest BCUT2D eigenvalue weighted by molar-refractivity contribution is 4.74. The van der Waals surface area contributed by atoms with Crippen molar-refractivity contribution < 1.29 is 10.2 Å². The number of β-amino-alcohol motifs (C(OH)–C–C–N with tert-alkyl or cyclic N) is 1. The van der Waals surface area contributed by atoms with Crippen LogP contribution in [0.5, 0.6) is 0 Å². The Balaban J connectivity index is 1.76. The minimum atomic E-state index is -0.582. The number of hydrogen-bond donors (Lipinski definition) is 2. The van der Waals surface area contributed by atoms with Gasteiger partial charge in [0, 0.05) is 32.7 Å². The van der Waals surface area contributed by atoms with Crippen LogP contribution in [0.3, 0.4) is 0 Å². The van der Waals surface area contributed by atoms with Gasteiger partial charge in [-0.15, -0.1) is 0 Å². The smallest absolute Gasteiger partial charge is 0.0897 e. The maximum atomic E-state index is 9.53. The molecule has 174 valence electrons. The summed E-state index contributed by atoms with van der Waals surface area (Å²) in [7, 11) is 0. The van der Waals surface area contributed by atoms with Crippen molar-refractivity contribution in [3.05, 3.63) is 0 Å². The third-order valence-corrected chi connectivity index (χ3v) is 6.40. The van der Waals surface area contributed by atoms with Crippen LogP contribution >= 0.6 is 0 Å². The van der Waals surface area contributed by atoms with Crippen LogP contribution in [0.25, 0.3) is 0 Å². The summed E-state index contributed by atoms with van der Waals surface area (Å²) in [5.74, 6) is 0.879. The van der Waals surface area contributed by atoms with Crippen molar-refractivity contribution in [1.29, 1.82) is 0 Å². The SMILES string of the molecule is CC(C)CCCCCCCCCCCCCCCN1CCN(CC(O)CO)CC1. The van der Waals surface area contributed by atoms with Crippen LogP contribution in [0.1, 0.15) is 104 Å². The monoisotopic (exact) mass is 412 g/mol. The molecule has 4 nitrogen and oxygen atoms in total. The van der Waals surface area contributed by atoms with E-state index in [1.54, 1.807) is 0 Å². The number of piperazine rings is 1. The van der Waals surface area contributed by atoms with E-state index in [9.17, 15) is 5.11 Å². The maximum Gasteiger partial charge on any atom is 0.0897 e. The molecule has 2 N–H and O–H groups in total. The van der Waals surface area contributed by atoms with Gasteiger partial charge >= 0.3 is 0 Å². The summed E-state index contributed by atoms with van der Waals surface area (Å²) in [6, 6.07) is 0. The summed E-state index contributed by atoms with van der Waals surface area (Å²) >= 11 is 0. The third-order valence-electron chi connectivity index (χ3n) is 6.40. The van der Waals surface area contributed by atoms with Gasteiger partial charge in [0.2, 0.25) is 0 Å². The second-order valence-electron chi connectivity index (χ2n) is 9.76. The topological polar surface area (TPSA) is 46.9 Å². The molecule has 0 aromatic rings. The summed E-state index contributed by atoms with van der Waals surface area (Å²) < 4.78 is 0. The highest BCUT2D eigenvalue weighted by Gasteiger charge is 2.18. The molecule has 0 aliphatic carbocycles. The molecule has 0 saturated carbocycles. The Morgan fingerprint density at radius 1 is 0.621 bits per heavy atom. The van der Waals surface area contributed by atoms with Crippen molar-refractivity contribution >= 4 is 0 Å². The fourth-order valence-electron chi connectivity index (χ4n) is 4.38. The van der Waals surface area contributed by atoms with Crippen molar-refractivity contribution in [1.82, 2.24) is 9.80 Å². The molecule has 0 amide bonds. The molecule has 0 radical (unpaired) electrons. The van der Waals surface area contributed by atoms with E-state index in [0.717, 1.165) is 32.1 Å². The quantitative estimate of drug-likeness (QED) is 0.291. The molecule has 0 bridgehead atoms. The first-order valence-corrected chi connectivity index (χ1v) is 12.9. The van der Waals surface area contributed by atoms with Crippen molar-refractivity contribution in [2.45, 2.75) is 110 Å². The molecule has 1 heterocycles. The minimum Gasteiger partial charge on any atom is -0.394 e. The van der Waals surface area contributed by atoms with Crippen LogP contribution < -0.4 is 0 Å². The van der Waals surface area contributed by atoms with Gasteiger partial charge in [-0.1, -0.05) is 97.3 Å². The van der Waals surface area contributed by atoms with Crippen molar-refractivity contribution in [3.63, 3.8) is 0 Å². The number of aliphatic hydroxyl groups is 2. The third kappa shape index (κ3) is 16.2. The zero-order valence-electron chi connectivity index (χ0n) is 19.8. The van der Waals surface area contributed by atoms with Crippen molar-refractivity contribution in [2.75, 3.05) is 45.9 Å². The summed E-state index contributed by atoms with van der Waals surface area (Å²) in [6.45, 7) is 10.6. The zero-order chi connectivity index (χ0) is 21.2. The second kappa shape index (κ2) is 18.6. The normalized spacial score (nSPS) is 17.3. The van der Waals surface area contributed by atoms with Crippen LogP contribution in [0, 0.1) is 5.92 Å². The van der Waals surface area contributed by atoms with Crippen molar-refractivity contribution in [2.24, 2.45) is 5.92 Å². The lowest BCUT2D eigenvalue weighted by Crippen LogP contribution is -2.49. The van der Waals surface area contributed by atoms with Gasteiger partial charge in [-0.05, 0) is 18.9 Å². The van der Waals surface area contributed by atoms with E-state index in [2.05, 4.69) is 23.6 Å².